The zero-order chi connectivity index (χ0) is 17.6. The van der Waals surface area contributed by atoms with Crippen LogP contribution in [0.4, 0.5) is 11.5 Å². The fourth-order valence-corrected chi connectivity index (χ4v) is 2.85. The fraction of sp³-hybridized carbons (Fsp3) is 0.125. The predicted octanol–water partition coefficient (Wildman–Crippen LogP) is 3.91. The molecule has 0 fully saturated rings. The second-order valence-corrected chi connectivity index (χ2v) is 6.38. The number of hydrogen-bond donors (Lipinski definition) is 1. The summed E-state index contributed by atoms with van der Waals surface area (Å²) in [6, 6.07) is 9.09. The third kappa shape index (κ3) is 2.92. The maximum absolute atomic E-state index is 6.24. The largest absolute Gasteiger partial charge is 0.338 e. The van der Waals surface area contributed by atoms with Gasteiger partial charge in [-0.25, -0.2) is 4.98 Å². The number of halogens is 2. The fourth-order valence-electron chi connectivity index (χ4n) is 2.46. The predicted molar refractivity (Wildman–Crippen MR) is 97.9 cm³/mol. The van der Waals surface area contributed by atoms with Crippen LogP contribution in [0.2, 0.25) is 10.2 Å². The highest BCUT2D eigenvalue weighted by Crippen LogP contribution is 2.25. The van der Waals surface area contributed by atoms with Gasteiger partial charge in [-0.3, -0.25) is 0 Å². The SMILES string of the molecule is Cc1cc(Cl)n(-c2nc(Nc3ccc(Cl)cc3)c3ncn(C)c3n2)n1. The first-order valence-corrected chi connectivity index (χ1v) is 8.21. The van der Waals surface area contributed by atoms with E-state index in [9.17, 15) is 0 Å². The molecule has 9 heteroatoms. The van der Waals surface area contributed by atoms with Gasteiger partial charge in [-0.1, -0.05) is 23.2 Å². The van der Waals surface area contributed by atoms with Crippen molar-refractivity contribution in [3.05, 3.63) is 52.5 Å². The normalized spacial score (nSPS) is 11.2. The van der Waals surface area contributed by atoms with Crippen LogP contribution in [-0.4, -0.2) is 29.3 Å². The molecular formula is C16H13Cl2N7. The zero-order valence-corrected chi connectivity index (χ0v) is 14.9. The summed E-state index contributed by atoms with van der Waals surface area (Å²) >= 11 is 12.2. The van der Waals surface area contributed by atoms with Gasteiger partial charge in [-0.2, -0.15) is 19.7 Å². The zero-order valence-electron chi connectivity index (χ0n) is 13.4. The standard InChI is InChI=1S/C16H13Cl2N7/c1-9-7-12(18)25(23-9)16-21-14(13-15(22-16)24(2)8-19-13)20-11-5-3-10(17)4-6-11/h3-8H,1-2H3,(H,20,21,22). The van der Waals surface area contributed by atoms with E-state index in [0.717, 1.165) is 11.4 Å². The lowest BCUT2D eigenvalue weighted by molar-refractivity contribution is 0.799. The number of hydrogen-bond acceptors (Lipinski definition) is 5. The van der Waals surface area contributed by atoms with Crippen LogP contribution in [0.25, 0.3) is 17.1 Å². The van der Waals surface area contributed by atoms with E-state index in [1.165, 1.54) is 4.68 Å². The van der Waals surface area contributed by atoms with Gasteiger partial charge in [0, 0.05) is 17.8 Å². The number of aromatic nitrogens is 6. The lowest BCUT2D eigenvalue weighted by atomic mass is 10.3. The average Bonchev–Trinajstić information content (AvgIpc) is 3.12. The number of nitrogens with one attached hydrogen (secondary N) is 1. The molecule has 4 rings (SSSR count). The van der Waals surface area contributed by atoms with Gasteiger partial charge in [0.15, 0.2) is 17.0 Å². The smallest absolute Gasteiger partial charge is 0.256 e. The molecule has 126 valence electrons. The molecule has 7 nitrogen and oxygen atoms in total. The molecule has 0 aliphatic rings. The van der Waals surface area contributed by atoms with Gasteiger partial charge in [-0.15, -0.1) is 0 Å². The molecule has 0 bridgehead atoms. The minimum Gasteiger partial charge on any atom is -0.338 e. The van der Waals surface area contributed by atoms with Crippen molar-refractivity contribution >= 4 is 45.9 Å². The highest BCUT2D eigenvalue weighted by atomic mass is 35.5. The number of fused-ring (bicyclic) bond motifs is 1. The Hall–Kier alpha value is -2.64. The summed E-state index contributed by atoms with van der Waals surface area (Å²) in [4.78, 5) is 13.5. The molecule has 3 aromatic heterocycles. The van der Waals surface area contributed by atoms with Gasteiger partial charge in [0.25, 0.3) is 5.95 Å². The molecular weight excluding hydrogens is 361 g/mol. The maximum Gasteiger partial charge on any atom is 0.256 e. The van der Waals surface area contributed by atoms with E-state index >= 15 is 0 Å². The van der Waals surface area contributed by atoms with Gasteiger partial charge in [0.2, 0.25) is 0 Å². The van der Waals surface area contributed by atoms with Crippen LogP contribution < -0.4 is 5.32 Å². The molecule has 0 spiro atoms. The Morgan fingerprint density at radius 1 is 1.08 bits per heavy atom. The third-order valence-corrected chi connectivity index (χ3v) is 4.15. The number of imidazole rings is 1. The molecule has 3 heterocycles. The Balaban J connectivity index is 1.87. The van der Waals surface area contributed by atoms with Crippen LogP contribution in [0.15, 0.2) is 36.7 Å². The summed E-state index contributed by atoms with van der Waals surface area (Å²) < 4.78 is 3.31. The second kappa shape index (κ2) is 6.02. The lowest BCUT2D eigenvalue weighted by Gasteiger charge is -2.09. The van der Waals surface area contributed by atoms with Gasteiger partial charge in [0.1, 0.15) is 5.15 Å². The molecule has 1 aromatic carbocycles. The van der Waals surface area contributed by atoms with Crippen LogP contribution in [0, 0.1) is 6.92 Å². The Morgan fingerprint density at radius 2 is 1.84 bits per heavy atom. The molecule has 0 aliphatic heterocycles. The highest BCUT2D eigenvalue weighted by Gasteiger charge is 2.16. The van der Waals surface area contributed by atoms with Crippen molar-refractivity contribution in [3.8, 4) is 5.95 Å². The van der Waals surface area contributed by atoms with Crippen LogP contribution in [0.3, 0.4) is 0 Å². The van der Waals surface area contributed by atoms with Crippen molar-refractivity contribution in [2.75, 3.05) is 5.32 Å². The highest BCUT2D eigenvalue weighted by molar-refractivity contribution is 6.30. The van der Waals surface area contributed by atoms with E-state index in [1.54, 1.807) is 24.5 Å². The summed E-state index contributed by atoms with van der Waals surface area (Å²) in [6.07, 6.45) is 1.69. The third-order valence-electron chi connectivity index (χ3n) is 3.63. The van der Waals surface area contributed by atoms with Crippen molar-refractivity contribution < 1.29 is 0 Å². The molecule has 25 heavy (non-hydrogen) atoms. The lowest BCUT2D eigenvalue weighted by Crippen LogP contribution is -2.07. The molecule has 0 unspecified atom stereocenters. The Kier molecular flexibility index (Phi) is 3.82. The van der Waals surface area contributed by atoms with Crippen LogP contribution in [0.1, 0.15) is 5.69 Å². The summed E-state index contributed by atoms with van der Waals surface area (Å²) in [5, 5.41) is 8.70. The topological polar surface area (TPSA) is 73.5 Å². The summed E-state index contributed by atoms with van der Waals surface area (Å²) in [5.41, 5.74) is 2.95. The molecule has 0 aliphatic carbocycles. The molecule has 0 saturated carbocycles. The first-order chi connectivity index (χ1) is 12.0. The molecule has 0 atom stereocenters. The van der Waals surface area contributed by atoms with E-state index in [-0.39, 0.29) is 0 Å². The minimum absolute atomic E-state index is 0.366. The number of anilines is 2. The van der Waals surface area contributed by atoms with Crippen molar-refractivity contribution in [1.82, 2.24) is 29.3 Å². The number of aryl methyl sites for hydroxylation is 2. The summed E-state index contributed by atoms with van der Waals surface area (Å²) in [6.45, 7) is 1.86. The molecule has 0 radical (unpaired) electrons. The van der Waals surface area contributed by atoms with Gasteiger partial charge >= 0.3 is 0 Å². The monoisotopic (exact) mass is 373 g/mol. The summed E-state index contributed by atoms with van der Waals surface area (Å²) in [7, 11) is 1.87. The minimum atomic E-state index is 0.366. The first-order valence-electron chi connectivity index (χ1n) is 7.45. The summed E-state index contributed by atoms with van der Waals surface area (Å²) in [5.74, 6) is 0.929. The van der Waals surface area contributed by atoms with Crippen molar-refractivity contribution in [1.29, 1.82) is 0 Å². The van der Waals surface area contributed by atoms with Crippen molar-refractivity contribution in [2.45, 2.75) is 6.92 Å². The Labute approximate surface area is 153 Å². The van der Waals surface area contributed by atoms with E-state index < -0.39 is 0 Å². The molecule has 0 amide bonds. The first kappa shape index (κ1) is 15.9. The van der Waals surface area contributed by atoms with E-state index in [4.69, 9.17) is 23.2 Å². The van der Waals surface area contributed by atoms with Crippen LogP contribution in [-0.2, 0) is 7.05 Å². The molecule has 0 saturated heterocycles. The van der Waals surface area contributed by atoms with Gasteiger partial charge in [0.05, 0.1) is 12.0 Å². The number of rotatable bonds is 3. The van der Waals surface area contributed by atoms with E-state index in [1.807, 2.05) is 30.7 Å². The van der Waals surface area contributed by atoms with E-state index in [2.05, 4.69) is 25.4 Å². The van der Waals surface area contributed by atoms with Crippen LogP contribution in [0.5, 0.6) is 0 Å². The Bertz CT molecular complexity index is 1070. The molecule has 4 aromatic rings. The second-order valence-electron chi connectivity index (χ2n) is 5.55. The van der Waals surface area contributed by atoms with Crippen molar-refractivity contribution in [2.24, 2.45) is 7.05 Å². The average molecular weight is 374 g/mol. The quantitative estimate of drug-likeness (QED) is 0.589. The maximum atomic E-state index is 6.24. The Morgan fingerprint density at radius 3 is 2.52 bits per heavy atom. The molecule has 1 N–H and O–H groups in total. The van der Waals surface area contributed by atoms with Crippen LogP contribution >= 0.6 is 23.2 Å². The van der Waals surface area contributed by atoms with Gasteiger partial charge < -0.3 is 9.88 Å². The van der Waals surface area contributed by atoms with E-state index in [0.29, 0.717) is 33.1 Å². The van der Waals surface area contributed by atoms with Crippen molar-refractivity contribution in [3.63, 3.8) is 0 Å². The number of benzene rings is 1. The van der Waals surface area contributed by atoms with Gasteiger partial charge in [-0.05, 0) is 37.3 Å². The number of nitrogens with zero attached hydrogens (tertiary/aromatic N) is 6.